The van der Waals surface area contributed by atoms with Gasteiger partial charge in [-0.05, 0) is 39.0 Å². The molecule has 5 nitrogen and oxygen atoms in total. The Kier molecular flexibility index (Phi) is 4.07. The summed E-state index contributed by atoms with van der Waals surface area (Å²) in [6.07, 6.45) is 0. The van der Waals surface area contributed by atoms with Crippen molar-refractivity contribution in [2.75, 3.05) is 4.72 Å². The van der Waals surface area contributed by atoms with Crippen LogP contribution >= 0.6 is 15.9 Å². The fourth-order valence-electron chi connectivity index (χ4n) is 1.08. The Labute approximate surface area is 114 Å². The third kappa shape index (κ3) is 3.46. The monoisotopic (exact) mass is 335 g/mol. The van der Waals surface area contributed by atoms with Gasteiger partial charge in [-0.15, -0.1) is 0 Å². The van der Waals surface area contributed by atoms with Gasteiger partial charge in [0, 0.05) is 4.47 Å². The van der Waals surface area contributed by atoms with E-state index in [1.807, 2.05) is 0 Å². The first kappa shape index (κ1) is 15.0. The molecule has 2 N–H and O–H groups in total. The van der Waals surface area contributed by atoms with E-state index in [4.69, 9.17) is 5.11 Å². The highest BCUT2D eigenvalue weighted by molar-refractivity contribution is 9.10. The molecular formula is C11H14BrNO4S. The van der Waals surface area contributed by atoms with Crippen LogP contribution in [0.4, 0.5) is 5.69 Å². The third-order valence-corrected chi connectivity index (χ3v) is 4.78. The summed E-state index contributed by atoms with van der Waals surface area (Å²) in [7, 11) is -3.57. The van der Waals surface area contributed by atoms with E-state index >= 15 is 0 Å². The molecule has 0 radical (unpaired) electrons. The predicted octanol–water partition coefficient (Wildman–Crippen LogP) is 2.69. The first-order valence-corrected chi connectivity index (χ1v) is 7.37. The number of rotatable bonds is 3. The van der Waals surface area contributed by atoms with Crippen LogP contribution in [0.25, 0.3) is 0 Å². The van der Waals surface area contributed by atoms with Crippen molar-refractivity contribution in [1.82, 2.24) is 0 Å². The molecule has 1 aromatic rings. The van der Waals surface area contributed by atoms with Gasteiger partial charge in [-0.3, -0.25) is 4.72 Å². The minimum absolute atomic E-state index is 0.0102. The van der Waals surface area contributed by atoms with Crippen LogP contribution in [0, 0.1) is 0 Å². The van der Waals surface area contributed by atoms with Gasteiger partial charge in [0.05, 0.1) is 16.0 Å². The second-order valence-electron chi connectivity index (χ2n) is 4.75. The Hall–Kier alpha value is -1.08. The summed E-state index contributed by atoms with van der Waals surface area (Å²) < 4.78 is 25.8. The van der Waals surface area contributed by atoms with E-state index in [1.165, 1.54) is 18.2 Å². The number of hydrogen-bond donors (Lipinski definition) is 2. The molecule has 0 aliphatic carbocycles. The molecule has 0 aliphatic heterocycles. The number of halogens is 1. The van der Waals surface area contributed by atoms with Crippen molar-refractivity contribution >= 4 is 37.6 Å². The molecule has 18 heavy (non-hydrogen) atoms. The van der Waals surface area contributed by atoms with E-state index in [0.717, 1.165) is 0 Å². The zero-order chi connectivity index (χ0) is 14.1. The topological polar surface area (TPSA) is 83.5 Å². The van der Waals surface area contributed by atoms with Gasteiger partial charge in [0.25, 0.3) is 0 Å². The minimum atomic E-state index is -3.57. The maximum atomic E-state index is 11.9. The Bertz CT molecular complexity index is 575. The van der Waals surface area contributed by atoms with Crippen molar-refractivity contribution in [2.24, 2.45) is 0 Å². The lowest BCUT2D eigenvalue weighted by molar-refractivity contribution is 0.0697. The van der Waals surface area contributed by atoms with Crippen molar-refractivity contribution < 1.29 is 18.3 Å². The van der Waals surface area contributed by atoms with Crippen LogP contribution in [0.5, 0.6) is 0 Å². The van der Waals surface area contributed by atoms with E-state index in [0.29, 0.717) is 4.47 Å². The molecular weight excluding hydrogens is 322 g/mol. The van der Waals surface area contributed by atoms with Crippen LogP contribution in [0.15, 0.2) is 22.7 Å². The summed E-state index contributed by atoms with van der Waals surface area (Å²) in [5.41, 5.74) is 0.229. The SMILES string of the molecule is CC(C)(C)S(=O)(=O)Nc1cc(Br)cc(C(=O)O)c1. The number of anilines is 1. The van der Waals surface area contributed by atoms with Gasteiger partial charge in [0.2, 0.25) is 10.0 Å². The van der Waals surface area contributed by atoms with Gasteiger partial charge in [-0.2, -0.15) is 0 Å². The molecule has 0 fully saturated rings. The normalized spacial score (nSPS) is 12.2. The standard InChI is InChI=1S/C11H14BrNO4S/c1-11(2,3)18(16,17)13-9-5-7(10(14)15)4-8(12)6-9/h4-6,13H,1-3H3,(H,14,15). The molecule has 0 unspecified atom stereocenters. The molecule has 0 aromatic heterocycles. The lowest BCUT2D eigenvalue weighted by Gasteiger charge is -2.20. The average molecular weight is 336 g/mol. The number of nitrogens with one attached hydrogen (secondary N) is 1. The number of carbonyl (C=O) groups is 1. The Morgan fingerprint density at radius 1 is 1.28 bits per heavy atom. The van der Waals surface area contributed by atoms with Gasteiger partial charge in [-0.1, -0.05) is 15.9 Å². The molecule has 100 valence electrons. The van der Waals surface area contributed by atoms with Crippen molar-refractivity contribution in [3.63, 3.8) is 0 Å². The molecule has 1 rings (SSSR count). The number of hydrogen-bond acceptors (Lipinski definition) is 3. The van der Waals surface area contributed by atoms with E-state index in [-0.39, 0.29) is 11.3 Å². The maximum Gasteiger partial charge on any atom is 0.335 e. The molecule has 0 saturated heterocycles. The van der Waals surface area contributed by atoms with Crippen LogP contribution in [-0.4, -0.2) is 24.2 Å². The number of sulfonamides is 1. The molecule has 7 heteroatoms. The van der Waals surface area contributed by atoms with Crippen LogP contribution < -0.4 is 4.72 Å². The van der Waals surface area contributed by atoms with Crippen LogP contribution in [0.1, 0.15) is 31.1 Å². The van der Waals surface area contributed by atoms with Gasteiger partial charge < -0.3 is 5.11 Å². The molecule has 0 heterocycles. The molecule has 0 spiro atoms. The van der Waals surface area contributed by atoms with E-state index in [9.17, 15) is 13.2 Å². The summed E-state index contributed by atoms with van der Waals surface area (Å²) in [6.45, 7) is 4.68. The second kappa shape index (κ2) is 4.89. The largest absolute Gasteiger partial charge is 0.478 e. The Morgan fingerprint density at radius 3 is 2.28 bits per heavy atom. The van der Waals surface area contributed by atoms with E-state index < -0.39 is 20.7 Å². The average Bonchev–Trinajstić information content (AvgIpc) is 2.13. The number of carboxylic acids is 1. The van der Waals surface area contributed by atoms with E-state index in [2.05, 4.69) is 20.7 Å². The van der Waals surface area contributed by atoms with Crippen molar-refractivity contribution in [2.45, 2.75) is 25.5 Å². The molecule has 1 aromatic carbocycles. The molecule has 0 bridgehead atoms. The van der Waals surface area contributed by atoms with Crippen LogP contribution in [0.2, 0.25) is 0 Å². The highest BCUT2D eigenvalue weighted by atomic mass is 79.9. The van der Waals surface area contributed by atoms with Crippen LogP contribution in [0.3, 0.4) is 0 Å². The highest BCUT2D eigenvalue weighted by Gasteiger charge is 2.29. The maximum absolute atomic E-state index is 11.9. The Morgan fingerprint density at radius 2 is 1.83 bits per heavy atom. The smallest absolute Gasteiger partial charge is 0.335 e. The zero-order valence-corrected chi connectivity index (χ0v) is 12.6. The second-order valence-corrected chi connectivity index (χ2v) is 8.10. The summed E-state index contributed by atoms with van der Waals surface area (Å²) in [5, 5.41) is 8.89. The number of benzene rings is 1. The van der Waals surface area contributed by atoms with Crippen molar-refractivity contribution in [3.8, 4) is 0 Å². The first-order valence-electron chi connectivity index (χ1n) is 5.09. The molecule has 0 atom stereocenters. The van der Waals surface area contributed by atoms with Gasteiger partial charge in [-0.25, -0.2) is 13.2 Å². The first-order chi connectivity index (χ1) is 8.03. The van der Waals surface area contributed by atoms with Gasteiger partial charge in [0.15, 0.2) is 0 Å². The summed E-state index contributed by atoms with van der Waals surface area (Å²) in [6, 6.07) is 4.18. The lowest BCUT2D eigenvalue weighted by Crippen LogP contribution is -2.33. The predicted molar refractivity (Wildman–Crippen MR) is 73.4 cm³/mol. The fraction of sp³-hybridized carbons (Fsp3) is 0.364. The molecule has 0 aliphatic rings. The molecule has 0 saturated carbocycles. The van der Waals surface area contributed by atoms with Gasteiger partial charge in [0.1, 0.15) is 0 Å². The Balaban J connectivity index is 3.17. The fourth-order valence-corrected chi connectivity index (χ4v) is 2.31. The highest BCUT2D eigenvalue weighted by Crippen LogP contribution is 2.24. The third-order valence-electron chi connectivity index (χ3n) is 2.20. The number of carboxylic acid groups (broad SMARTS) is 1. The molecule has 0 amide bonds. The minimum Gasteiger partial charge on any atom is -0.478 e. The van der Waals surface area contributed by atoms with E-state index in [1.54, 1.807) is 20.8 Å². The van der Waals surface area contributed by atoms with Crippen LogP contribution in [-0.2, 0) is 10.0 Å². The summed E-state index contributed by atoms with van der Waals surface area (Å²) in [5.74, 6) is -1.12. The summed E-state index contributed by atoms with van der Waals surface area (Å²) >= 11 is 3.14. The zero-order valence-electron chi connectivity index (χ0n) is 10.2. The van der Waals surface area contributed by atoms with Crippen molar-refractivity contribution in [3.05, 3.63) is 28.2 Å². The quantitative estimate of drug-likeness (QED) is 0.889. The van der Waals surface area contributed by atoms with Gasteiger partial charge >= 0.3 is 5.97 Å². The summed E-state index contributed by atoms with van der Waals surface area (Å²) in [4.78, 5) is 10.9. The number of aromatic carboxylic acids is 1. The lowest BCUT2D eigenvalue weighted by atomic mass is 10.2. The van der Waals surface area contributed by atoms with Crippen molar-refractivity contribution in [1.29, 1.82) is 0 Å².